The van der Waals surface area contributed by atoms with Crippen molar-refractivity contribution in [2.45, 2.75) is 22.8 Å². The summed E-state index contributed by atoms with van der Waals surface area (Å²) in [5.41, 5.74) is 0.801. The number of sulfonamides is 1. The second-order valence-corrected chi connectivity index (χ2v) is 10.3. The van der Waals surface area contributed by atoms with Crippen LogP contribution in [0.4, 0.5) is 0 Å². The molecule has 2 heterocycles. The lowest BCUT2D eigenvalue weighted by Crippen LogP contribution is -2.42. The van der Waals surface area contributed by atoms with E-state index in [1.165, 1.54) is 35.5 Å². The molecule has 0 saturated carbocycles. The van der Waals surface area contributed by atoms with Crippen LogP contribution in [0.25, 0.3) is 0 Å². The first-order valence-electron chi connectivity index (χ1n) is 8.17. The zero-order valence-corrected chi connectivity index (χ0v) is 16.2. The summed E-state index contributed by atoms with van der Waals surface area (Å²) in [4.78, 5) is -0.0167. The molecule has 0 radical (unpaired) electrons. The van der Waals surface area contributed by atoms with Gasteiger partial charge in [-0.3, -0.25) is 4.68 Å². The molecule has 1 aliphatic rings. The van der Waals surface area contributed by atoms with E-state index < -0.39 is 26.0 Å². The summed E-state index contributed by atoms with van der Waals surface area (Å²) in [5, 5.41) is 4.09. The SMILES string of the molecule is CCS(=O)(=O)c1cccc(S(=O)(=O)N2CCOC(c3cnn(C)c3)C2)c1. The Morgan fingerprint density at radius 1 is 1.23 bits per heavy atom. The first-order valence-corrected chi connectivity index (χ1v) is 11.3. The Morgan fingerprint density at radius 3 is 2.62 bits per heavy atom. The first-order chi connectivity index (χ1) is 12.2. The normalized spacial score (nSPS) is 19.5. The predicted molar refractivity (Wildman–Crippen MR) is 94.8 cm³/mol. The molecule has 1 aromatic carbocycles. The second-order valence-electron chi connectivity index (χ2n) is 6.05. The Labute approximate surface area is 153 Å². The fraction of sp³-hybridized carbons (Fsp3) is 0.438. The van der Waals surface area contributed by atoms with Crippen molar-refractivity contribution in [2.75, 3.05) is 25.4 Å². The van der Waals surface area contributed by atoms with E-state index >= 15 is 0 Å². The van der Waals surface area contributed by atoms with Crippen LogP contribution >= 0.6 is 0 Å². The van der Waals surface area contributed by atoms with E-state index in [1.807, 2.05) is 0 Å². The summed E-state index contributed by atoms with van der Waals surface area (Å²) in [6.07, 6.45) is 3.03. The van der Waals surface area contributed by atoms with Crippen LogP contribution in [0.2, 0.25) is 0 Å². The molecule has 0 bridgehead atoms. The van der Waals surface area contributed by atoms with Gasteiger partial charge in [0.25, 0.3) is 0 Å². The van der Waals surface area contributed by atoms with Crippen molar-refractivity contribution in [1.82, 2.24) is 14.1 Å². The highest BCUT2D eigenvalue weighted by Gasteiger charge is 2.32. The van der Waals surface area contributed by atoms with Crippen LogP contribution in [0.3, 0.4) is 0 Å². The van der Waals surface area contributed by atoms with E-state index in [2.05, 4.69) is 5.10 Å². The Hall–Kier alpha value is -1.75. The summed E-state index contributed by atoms with van der Waals surface area (Å²) in [7, 11) is -5.53. The van der Waals surface area contributed by atoms with Crippen molar-refractivity contribution in [2.24, 2.45) is 7.05 Å². The minimum Gasteiger partial charge on any atom is -0.371 e. The largest absolute Gasteiger partial charge is 0.371 e. The molecule has 10 heteroatoms. The lowest BCUT2D eigenvalue weighted by Gasteiger charge is -2.31. The maximum absolute atomic E-state index is 13.0. The molecule has 1 saturated heterocycles. The highest BCUT2D eigenvalue weighted by atomic mass is 32.2. The van der Waals surface area contributed by atoms with Crippen LogP contribution in [0, 0.1) is 0 Å². The minimum absolute atomic E-state index is 0.0122. The third-order valence-corrected chi connectivity index (χ3v) is 7.90. The Morgan fingerprint density at radius 2 is 1.96 bits per heavy atom. The van der Waals surface area contributed by atoms with Gasteiger partial charge in [0.1, 0.15) is 0 Å². The van der Waals surface area contributed by atoms with Gasteiger partial charge in [0.2, 0.25) is 10.0 Å². The van der Waals surface area contributed by atoms with E-state index in [9.17, 15) is 16.8 Å². The number of benzene rings is 1. The van der Waals surface area contributed by atoms with Crippen LogP contribution in [-0.2, 0) is 31.6 Å². The summed E-state index contributed by atoms with van der Waals surface area (Å²) < 4.78 is 58.7. The lowest BCUT2D eigenvalue weighted by atomic mass is 10.2. The summed E-state index contributed by atoms with van der Waals surface area (Å²) in [6.45, 7) is 2.14. The summed E-state index contributed by atoms with van der Waals surface area (Å²) >= 11 is 0. The van der Waals surface area contributed by atoms with E-state index in [4.69, 9.17) is 4.74 Å². The van der Waals surface area contributed by atoms with E-state index in [1.54, 1.807) is 24.1 Å². The molecule has 1 aromatic heterocycles. The molecule has 142 valence electrons. The van der Waals surface area contributed by atoms with Crippen molar-refractivity contribution >= 4 is 19.9 Å². The monoisotopic (exact) mass is 399 g/mol. The van der Waals surface area contributed by atoms with Gasteiger partial charge in [-0.25, -0.2) is 16.8 Å². The molecule has 2 aromatic rings. The molecular weight excluding hydrogens is 378 g/mol. The van der Waals surface area contributed by atoms with Gasteiger partial charge in [0.15, 0.2) is 9.84 Å². The van der Waals surface area contributed by atoms with Gasteiger partial charge in [-0.2, -0.15) is 9.40 Å². The van der Waals surface area contributed by atoms with Crippen LogP contribution in [0.15, 0.2) is 46.5 Å². The van der Waals surface area contributed by atoms with E-state index in [0.29, 0.717) is 0 Å². The van der Waals surface area contributed by atoms with Crippen molar-refractivity contribution in [3.05, 3.63) is 42.2 Å². The number of nitrogens with zero attached hydrogens (tertiary/aromatic N) is 3. The van der Waals surface area contributed by atoms with Gasteiger partial charge in [-0.15, -0.1) is 0 Å². The molecule has 8 nitrogen and oxygen atoms in total. The molecule has 1 unspecified atom stereocenters. The van der Waals surface area contributed by atoms with Crippen LogP contribution in [-0.4, -0.2) is 56.4 Å². The number of morpholine rings is 1. The maximum Gasteiger partial charge on any atom is 0.243 e. The fourth-order valence-electron chi connectivity index (χ4n) is 2.80. The van der Waals surface area contributed by atoms with Crippen LogP contribution in [0.1, 0.15) is 18.6 Å². The minimum atomic E-state index is -3.83. The zero-order chi connectivity index (χ0) is 18.9. The Balaban J connectivity index is 1.89. The molecule has 26 heavy (non-hydrogen) atoms. The average Bonchev–Trinajstić information content (AvgIpc) is 3.08. The van der Waals surface area contributed by atoms with Crippen molar-refractivity contribution in [3.8, 4) is 0 Å². The average molecular weight is 399 g/mol. The number of rotatable bonds is 5. The summed E-state index contributed by atoms with van der Waals surface area (Å²) in [5.74, 6) is -0.0862. The smallest absolute Gasteiger partial charge is 0.243 e. The lowest BCUT2D eigenvalue weighted by molar-refractivity contribution is -0.00259. The number of hydrogen-bond acceptors (Lipinski definition) is 6. The molecule has 0 amide bonds. The number of aromatic nitrogens is 2. The maximum atomic E-state index is 13.0. The van der Waals surface area contributed by atoms with Gasteiger partial charge >= 0.3 is 0 Å². The van der Waals surface area contributed by atoms with Gasteiger partial charge in [0, 0.05) is 31.9 Å². The molecule has 0 spiro atoms. The topological polar surface area (TPSA) is 98.6 Å². The first kappa shape index (κ1) is 19.0. The molecular formula is C16H21N3O5S2. The number of sulfone groups is 1. The van der Waals surface area contributed by atoms with Gasteiger partial charge in [-0.1, -0.05) is 13.0 Å². The molecule has 1 aliphatic heterocycles. The Kier molecular flexibility index (Phi) is 5.20. The molecule has 1 atom stereocenters. The quantitative estimate of drug-likeness (QED) is 0.743. The highest BCUT2D eigenvalue weighted by Crippen LogP contribution is 2.27. The molecule has 1 fully saturated rings. The van der Waals surface area contributed by atoms with Crippen molar-refractivity contribution in [3.63, 3.8) is 0 Å². The zero-order valence-electron chi connectivity index (χ0n) is 14.6. The van der Waals surface area contributed by atoms with Crippen molar-refractivity contribution in [1.29, 1.82) is 0 Å². The summed E-state index contributed by atoms with van der Waals surface area (Å²) in [6, 6.07) is 5.51. The highest BCUT2D eigenvalue weighted by molar-refractivity contribution is 7.91. The third-order valence-electron chi connectivity index (χ3n) is 4.31. The number of ether oxygens (including phenoxy) is 1. The van der Waals surface area contributed by atoms with E-state index in [0.717, 1.165) is 5.56 Å². The standard InChI is InChI=1S/C16H21N3O5S2/c1-3-25(20,21)14-5-4-6-15(9-14)26(22,23)19-7-8-24-16(12-19)13-10-17-18(2)11-13/h4-6,9-11,16H,3,7-8,12H2,1-2H3. The van der Waals surface area contributed by atoms with E-state index in [-0.39, 0.29) is 35.2 Å². The van der Waals surface area contributed by atoms with Gasteiger partial charge in [-0.05, 0) is 18.2 Å². The van der Waals surface area contributed by atoms with Crippen molar-refractivity contribution < 1.29 is 21.6 Å². The molecule has 0 N–H and O–H groups in total. The number of aryl methyl sites for hydroxylation is 1. The number of hydrogen-bond donors (Lipinski definition) is 0. The second kappa shape index (κ2) is 7.10. The third kappa shape index (κ3) is 3.68. The molecule has 0 aliphatic carbocycles. The molecule has 3 rings (SSSR count). The van der Waals surface area contributed by atoms with Gasteiger partial charge < -0.3 is 4.74 Å². The van der Waals surface area contributed by atoms with Gasteiger partial charge in [0.05, 0.1) is 34.5 Å². The Bertz CT molecular complexity index is 998. The predicted octanol–water partition coefficient (Wildman–Crippen LogP) is 0.976. The fourth-order valence-corrected chi connectivity index (χ4v) is 5.27. The van der Waals surface area contributed by atoms with Crippen LogP contribution < -0.4 is 0 Å². The van der Waals surface area contributed by atoms with Crippen LogP contribution in [0.5, 0.6) is 0 Å².